The van der Waals surface area contributed by atoms with Crippen molar-refractivity contribution in [3.63, 3.8) is 0 Å². The molecule has 0 aliphatic rings. The van der Waals surface area contributed by atoms with Crippen molar-refractivity contribution in [2.45, 2.75) is 33.6 Å². The second kappa shape index (κ2) is 11.4. The quantitative estimate of drug-likeness (QED) is 0.390. The van der Waals surface area contributed by atoms with Gasteiger partial charge in [-0.2, -0.15) is 0 Å². The van der Waals surface area contributed by atoms with E-state index in [-0.39, 0.29) is 17.0 Å². The molecule has 3 heteroatoms. The SMILES string of the molecule is CCCCOC[NH+](CC)CC.[Br-]. The number of quaternary nitrogens is 1. The topological polar surface area (TPSA) is 13.7 Å². The fraction of sp³-hybridized carbons (Fsp3) is 1.00. The summed E-state index contributed by atoms with van der Waals surface area (Å²) in [5.74, 6) is 0. The van der Waals surface area contributed by atoms with Crippen LogP contribution < -0.4 is 21.9 Å². The Morgan fingerprint density at radius 1 is 1.08 bits per heavy atom. The highest BCUT2D eigenvalue weighted by Gasteiger charge is 1.99. The average molecular weight is 240 g/mol. The average Bonchev–Trinajstić information content (AvgIpc) is 2.05. The van der Waals surface area contributed by atoms with Crippen molar-refractivity contribution in [2.24, 2.45) is 0 Å². The van der Waals surface area contributed by atoms with E-state index in [0.717, 1.165) is 13.3 Å². The highest BCUT2D eigenvalue weighted by atomic mass is 79.9. The Morgan fingerprint density at radius 3 is 2.08 bits per heavy atom. The van der Waals surface area contributed by atoms with Crippen molar-refractivity contribution in [2.75, 3.05) is 26.4 Å². The van der Waals surface area contributed by atoms with Gasteiger partial charge >= 0.3 is 0 Å². The Morgan fingerprint density at radius 2 is 1.67 bits per heavy atom. The van der Waals surface area contributed by atoms with Gasteiger partial charge in [-0.25, -0.2) is 0 Å². The van der Waals surface area contributed by atoms with Crippen LogP contribution >= 0.6 is 0 Å². The molecule has 0 aliphatic heterocycles. The van der Waals surface area contributed by atoms with Gasteiger partial charge in [-0.05, 0) is 20.3 Å². The Hall–Kier alpha value is 0.400. The fourth-order valence-corrected chi connectivity index (χ4v) is 0.917. The van der Waals surface area contributed by atoms with Crippen molar-refractivity contribution in [1.29, 1.82) is 0 Å². The first-order chi connectivity index (χ1) is 5.35. The van der Waals surface area contributed by atoms with Gasteiger partial charge in [-0.3, -0.25) is 0 Å². The molecule has 0 aromatic carbocycles. The number of hydrogen-bond acceptors (Lipinski definition) is 1. The highest BCUT2D eigenvalue weighted by Crippen LogP contribution is 1.84. The molecule has 0 atom stereocenters. The molecule has 2 nitrogen and oxygen atoms in total. The molecular formula is C9H22BrNO. The molecule has 0 aromatic heterocycles. The van der Waals surface area contributed by atoms with Gasteiger partial charge in [-0.1, -0.05) is 13.3 Å². The van der Waals surface area contributed by atoms with Crippen LogP contribution in [0.1, 0.15) is 33.6 Å². The molecule has 0 saturated carbocycles. The summed E-state index contributed by atoms with van der Waals surface area (Å²) in [4.78, 5) is 1.53. The van der Waals surface area contributed by atoms with Crippen molar-refractivity contribution in [3.05, 3.63) is 0 Å². The highest BCUT2D eigenvalue weighted by molar-refractivity contribution is 4.27. The van der Waals surface area contributed by atoms with Gasteiger partial charge in [0.1, 0.15) is 0 Å². The molecule has 0 spiro atoms. The zero-order chi connectivity index (χ0) is 8.53. The van der Waals surface area contributed by atoms with Gasteiger partial charge in [-0.15, -0.1) is 0 Å². The third-order valence-electron chi connectivity index (χ3n) is 1.95. The van der Waals surface area contributed by atoms with Gasteiger partial charge < -0.3 is 26.6 Å². The lowest BCUT2D eigenvalue weighted by atomic mass is 10.4. The Kier molecular flexibility index (Phi) is 14.2. The summed E-state index contributed by atoms with van der Waals surface area (Å²) in [6.45, 7) is 10.7. The summed E-state index contributed by atoms with van der Waals surface area (Å²) in [6, 6.07) is 0. The lowest BCUT2D eigenvalue weighted by Gasteiger charge is -2.14. The monoisotopic (exact) mass is 239 g/mol. The van der Waals surface area contributed by atoms with Crippen LogP contribution in [0.25, 0.3) is 0 Å². The number of unbranched alkanes of at least 4 members (excludes halogenated alkanes) is 1. The zero-order valence-electron chi connectivity index (χ0n) is 8.53. The molecule has 1 N–H and O–H groups in total. The van der Waals surface area contributed by atoms with E-state index in [1.165, 1.54) is 30.8 Å². The van der Waals surface area contributed by atoms with Gasteiger partial charge in [0, 0.05) is 0 Å². The molecule has 0 aliphatic carbocycles. The summed E-state index contributed by atoms with van der Waals surface area (Å²) >= 11 is 0. The summed E-state index contributed by atoms with van der Waals surface area (Å²) in [7, 11) is 0. The van der Waals surface area contributed by atoms with E-state index in [9.17, 15) is 0 Å². The molecule has 0 aromatic rings. The lowest BCUT2D eigenvalue weighted by molar-refractivity contribution is -0.916. The fourth-order valence-electron chi connectivity index (χ4n) is 0.917. The third-order valence-corrected chi connectivity index (χ3v) is 1.95. The first-order valence-corrected chi connectivity index (χ1v) is 4.76. The molecule has 0 fully saturated rings. The Bertz CT molecular complexity index is 76.9. The minimum atomic E-state index is 0. The number of nitrogens with one attached hydrogen (secondary N) is 1. The van der Waals surface area contributed by atoms with E-state index in [4.69, 9.17) is 4.74 Å². The molecule has 0 radical (unpaired) electrons. The van der Waals surface area contributed by atoms with Crippen LogP contribution in [0.3, 0.4) is 0 Å². The van der Waals surface area contributed by atoms with Crippen LogP contribution in [0, 0.1) is 0 Å². The largest absolute Gasteiger partial charge is 1.00 e. The molecule has 0 saturated heterocycles. The van der Waals surface area contributed by atoms with Gasteiger partial charge in [0.2, 0.25) is 0 Å². The third kappa shape index (κ3) is 8.50. The van der Waals surface area contributed by atoms with Crippen molar-refractivity contribution < 1.29 is 26.6 Å². The lowest BCUT2D eigenvalue weighted by Crippen LogP contribution is -3.11. The van der Waals surface area contributed by atoms with E-state index < -0.39 is 0 Å². The van der Waals surface area contributed by atoms with Gasteiger partial charge in [0.15, 0.2) is 6.73 Å². The number of hydrogen-bond donors (Lipinski definition) is 1. The Labute approximate surface area is 87.0 Å². The van der Waals surface area contributed by atoms with E-state index in [0.29, 0.717) is 0 Å². The zero-order valence-corrected chi connectivity index (χ0v) is 10.1. The van der Waals surface area contributed by atoms with Gasteiger partial charge in [0.25, 0.3) is 0 Å². The molecule has 76 valence electrons. The van der Waals surface area contributed by atoms with Crippen LogP contribution in [0.5, 0.6) is 0 Å². The van der Waals surface area contributed by atoms with Crippen molar-refractivity contribution in [1.82, 2.24) is 0 Å². The standard InChI is InChI=1S/C9H21NO.BrH/c1-4-7-8-11-9-10(5-2)6-3;/h4-9H2,1-3H3;1H. The molecule has 0 bridgehead atoms. The smallest absolute Gasteiger partial charge is 0.181 e. The minimum Gasteiger partial charge on any atom is -1.00 e. The van der Waals surface area contributed by atoms with Crippen molar-refractivity contribution >= 4 is 0 Å². The van der Waals surface area contributed by atoms with Crippen LogP contribution in [-0.2, 0) is 4.74 Å². The number of halogens is 1. The number of ether oxygens (including phenoxy) is 1. The van der Waals surface area contributed by atoms with Crippen molar-refractivity contribution in [3.8, 4) is 0 Å². The second-order valence-electron chi connectivity index (χ2n) is 2.86. The first-order valence-electron chi connectivity index (χ1n) is 4.76. The molecule has 0 amide bonds. The molecule has 12 heavy (non-hydrogen) atoms. The van der Waals surface area contributed by atoms with E-state index in [2.05, 4.69) is 20.8 Å². The first kappa shape index (κ1) is 14.9. The maximum Gasteiger partial charge on any atom is 0.181 e. The van der Waals surface area contributed by atoms with Crippen LogP contribution in [0.4, 0.5) is 0 Å². The summed E-state index contributed by atoms with van der Waals surface area (Å²) in [6.07, 6.45) is 2.42. The molecule has 0 rings (SSSR count). The van der Waals surface area contributed by atoms with Crippen LogP contribution in [0.15, 0.2) is 0 Å². The summed E-state index contributed by atoms with van der Waals surface area (Å²) in [5.41, 5.74) is 0. The predicted molar refractivity (Wildman–Crippen MR) is 47.8 cm³/mol. The van der Waals surface area contributed by atoms with E-state index in [1.807, 2.05) is 0 Å². The predicted octanol–water partition coefficient (Wildman–Crippen LogP) is -2.31. The van der Waals surface area contributed by atoms with Crippen LogP contribution in [-0.4, -0.2) is 26.4 Å². The molecule has 0 heterocycles. The maximum atomic E-state index is 5.48. The molecular weight excluding hydrogens is 218 g/mol. The van der Waals surface area contributed by atoms with E-state index in [1.54, 1.807) is 0 Å². The normalized spacial score (nSPS) is 10.0. The Balaban J connectivity index is 0. The van der Waals surface area contributed by atoms with Crippen LogP contribution in [0.2, 0.25) is 0 Å². The van der Waals surface area contributed by atoms with E-state index >= 15 is 0 Å². The molecule has 0 unspecified atom stereocenters. The maximum absolute atomic E-state index is 5.48. The summed E-state index contributed by atoms with van der Waals surface area (Å²) < 4.78 is 5.48. The second-order valence-corrected chi connectivity index (χ2v) is 2.86. The number of rotatable bonds is 7. The van der Waals surface area contributed by atoms with Gasteiger partial charge in [0.05, 0.1) is 19.7 Å². The minimum absolute atomic E-state index is 0. The summed E-state index contributed by atoms with van der Waals surface area (Å²) in [5, 5.41) is 0.